The van der Waals surface area contributed by atoms with E-state index < -0.39 is 49.5 Å². The van der Waals surface area contributed by atoms with E-state index in [0.717, 1.165) is 64.2 Å². The lowest BCUT2D eigenvalue weighted by Crippen LogP contribution is -2.60. The number of allylic oxidation sites excluding steroid dienone is 5. The molecule has 0 radical (unpaired) electrons. The highest BCUT2D eigenvalue weighted by molar-refractivity contribution is 5.76. The highest BCUT2D eigenvalue weighted by Gasteiger charge is 2.44. The normalized spacial score (nSPS) is 18.1. The number of carbonyl (C=O) groups excluding carboxylic acids is 2. The predicted molar refractivity (Wildman–Crippen MR) is 361 cm³/mol. The quantitative estimate of drug-likeness (QED) is 0.0195. The minimum absolute atomic E-state index is 0.00700. The SMILES string of the molecule is CCCCCCCCCCCCCC/C=C/C(O)C(COC1OC(CO)C(O)C(O)C1O)NC(=O)CCCCCCCCCCCCCCCCCCC/C=C\C/C=C\CCCCCCCCCCCOC(=O)CCCCCCCCCCCCC. The number of nitrogens with one attached hydrogen (secondary N) is 1. The molecule has 7 unspecified atom stereocenters. The van der Waals surface area contributed by atoms with Crippen molar-refractivity contribution in [1.29, 1.82) is 0 Å². The van der Waals surface area contributed by atoms with Crippen molar-refractivity contribution < 1.29 is 49.3 Å². The number of aliphatic hydroxyl groups excluding tert-OH is 5. The van der Waals surface area contributed by atoms with Crippen molar-refractivity contribution in [2.45, 2.75) is 410 Å². The van der Waals surface area contributed by atoms with Gasteiger partial charge >= 0.3 is 5.97 Å². The average Bonchev–Trinajstić information content (AvgIpc) is 3.06. The molecule has 86 heavy (non-hydrogen) atoms. The highest BCUT2D eigenvalue weighted by atomic mass is 16.7. The zero-order chi connectivity index (χ0) is 62.3. The Hall–Kier alpha value is -2.12. The molecule has 1 amide bonds. The molecule has 0 aromatic carbocycles. The van der Waals surface area contributed by atoms with Gasteiger partial charge in [-0.1, -0.05) is 326 Å². The van der Waals surface area contributed by atoms with Gasteiger partial charge in [-0.15, -0.1) is 0 Å². The summed E-state index contributed by atoms with van der Waals surface area (Å²) in [5.74, 6) is -0.170. The fourth-order valence-corrected chi connectivity index (χ4v) is 11.9. The van der Waals surface area contributed by atoms with Gasteiger partial charge in [-0.25, -0.2) is 0 Å². The molecule has 6 N–H and O–H groups in total. The molecule has 11 heteroatoms. The molecule has 0 bridgehead atoms. The fourth-order valence-electron chi connectivity index (χ4n) is 11.9. The van der Waals surface area contributed by atoms with E-state index in [0.29, 0.717) is 19.4 Å². The van der Waals surface area contributed by atoms with E-state index in [1.54, 1.807) is 6.08 Å². The van der Waals surface area contributed by atoms with Crippen molar-refractivity contribution >= 4 is 11.9 Å². The van der Waals surface area contributed by atoms with Gasteiger partial charge in [0, 0.05) is 12.8 Å². The Labute approximate surface area is 530 Å². The van der Waals surface area contributed by atoms with E-state index in [-0.39, 0.29) is 18.5 Å². The van der Waals surface area contributed by atoms with Crippen LogP contribution >= 0.6 is 0 Å². The molecule has 1 rings (SSSR count). The first-order valence-electron chi connectivity index (χ1n) is 37.3. The first-order chi connectivity index (χ1) is 42.2. The maximum atomic E-state index is 13.1. The Morgan fingerprint density at radius 1 is 0.430 bits per heavy atom. The summed E-state index contributed by atoms with van der Waals surface area (Å²) in [6.45, 7) is 4.38. The second-order valence-corrected chi connectivity index (χ2v) is 26.0. The summed E-state index contributed by atoms with van der Waals surface area (Å²) >= 11 is 0. The summed E-state index contributed by atoms with van der Waals surface area (Å²) in [5, 5.41) is 54.6. The first-order valence-corrected chi connectivity index (χ1v) is 37.3. The molecular formula is C75H141NO10. The van der Waals surface area contributed by atoms with E-state index in [4.69, 9.17) is 14.2 Å². The number of carbonyl (C=O) groups is 2. The van der Waals surface area contributed by atoms with Crippen LogP contribution in [0.25, 0.3) is 0 Å². The number of hydrogen-bond donors (Lipinski definition) is 6. The third-order valence-electron chi connectivity index (χ3n) is 17.7. The number of unbranched alkanes of at least 4 members (excludes halogenated alkanes) is 48. The molecule has 7 atom stereocenters. The maximum absolute atomic E-state index is 13.1. The Morgan fingerprint density at radius 2 is 0.779 bits per heavy atom. The van der Waals surface area contributed by atoms with Crippen LogP contribution in [0, 0.1) is 0 Å². The number of esters is 1. The van der Waals surface area contributed by atoms with E-state index in [2.05, 4.69) is 43.5 Å². The molecule has 0 aromatic rings. The van der Waals surface area contributed by atoms with E-state index in [1.807, 2.05) is 6.08 Å². The van der Waals surface area contributed by atoms with Gasteiger partial charge in [0.15, 0.2) is 6.29 Å². The predicted octanol–water partition coefficient (Wildman–Crippen LogP) is 19.4. The minimum atomic E-state index is -1.57. The van der Waals surface area contributed by atoms with Crippen molar-refractivity contribution in [3.8, 4) is 0 Å². The number of hydrogen-bond acceptors (Lipinski definition) is 10. The van der Waals surface area contributed by atoms with Gasteiger partial charge in [0.2, 0.25) is 5.91 Å². The molecule has 0 saturated carbocycles. The molecule has 506 valence electrons. The maximum Gasteiger partial charge on any atom is 0.305 e. The molecule has 0 aliphatic carbocycles. The highest BCUT2D eigenvalue weighted by Crippen LogP contribution is 2.23. The summed E-state index contributed by atoms with van der Waals surface area (Å²) in [4.78, 5) is 25.1. The van der Waals surface area contributed by atoms with Crippen LogP contribution in [0.1, 0.15) is 367 Å². The first kappa shape index (κ1) is 81.9. The topological polar surface area (TPSA) is 175 Å². The van der Waals surface area contributed by atoms with Crippen molar-refractivity contribution in [3.63, 3.8) is 0 Å². The lowest BCUT2D eigenvalue weighted by Gasteiger charge is -2.40. The van der Waals surface area contributed by atoms with Gasteiger partial charge < -0.3 is 45.1 Å². The van der Waals surface area contributed by atoms with Gasteiger partial charge in [-0.3, -0.25) is 9.59 Å². The summed E-state index contributed by atoms with van der Waals surface area (Å²) in [6.07, 6.45) is 72.8. The zero-order valence-corrected chi connectivity index (χ0v) is 56.3. The zero-order valence-electron chi connectivity index (χ0n) is 56.3. The van der Waals surface area contributed by atoms with Crippen LogP contribution in [0.2, 0.25) is 0 Å². The van der Waals surface area contributed by atoms with E-state index in [9.17, 15) is 35.1 Å². The molecule has 1 aliphatic heterocycles. The molecular weight excluding hydrogens is 1070 g/mol. The average molecular weight is 1220 g/mol. The Morgan fingerprint density at radius 3 is 1.17 bits per heavy atom. The lowest BCUT2D eigenvalue weighted by molar-refractivity contribution is -0.302. The molecule has 0 spiro atoms. The molecule has 11 nitrogen and oxygen atoms in total. The molecule has 1 saturated heterocycles. The summed E-state index contributed by atoms with van der Waals surface area (Å²) < 4.78 is 16.8. The molecule has 1 heterocycles. The van der Waals surface area contributed by atoms with Crippen molar-refractivity contribution in [1.82, 2.24) is 5.32 Å². The van der Waals surface area contributed by atoms with Crippen molar-refractivity contribution in [2.75, 3.05) is 19.8 Å². The van der Waals surface area contributed by atoms with E-state index >= 15 is 0 Å². The molecule has 1 fully saturated rings. The number of amides is 1. The van der Waals surface area contributed by atoms with Gasteiger partial charge in [0.25, 0.3) is 0 Å². The van der Waals surface area contributed by atoms with Crippen LogP contribution in [-0.4, -0.2) is 100 Å². The molecule has 1 aliphatic rings. The van der Waals surface area contributed by atoms with Gasteiger partial charge in [-0.2, -0.15) is 0 Å². The Kier molecular flexibility index (Phi) is 61.3. The largest absolute Gasteiger partial charge is 0.466 e. The van der Waals surface area contributed by atoms with Crippen LogP contribution in [0.15, 0.2) is 36.5 Å². The lowest BCUT2D eigenvalue weighted by atomic mass is 9.99. The smallest absolute Gasteiger partial charge is 0.305 e. The van der Waals surface area contributed by atoms with Crippen molar-refractivity contribution in [2.24, 2.45) is 0 Å². The third-order valence-corrected chi connectivity index (χ3v) is 17.7. The summed E-state index contributed by atoms with van der Waals surface area (Å²) in [6, 6.07) is -0.809. The second-order valence-electron chi connectivity index (χ2n) is 26.0. The van der Waals surface area contributed by atoms with Crippen LogP contribution in [0.3, 0.4) is 0 Å². The Bertz CT molecular complexity index is 1520. The summed E-state index contributed by atoms with van der Waals surface area (Å²) in [7, 11) is 0. The standard InChI is InChI=1S/C75H141NO10/c1-3-5-7-9-11-13-15-16-38-42-45-49-53-57-61-68(78)67(66-85-75-74(83)73(82)72(81)69(65-77)86-75)76-70(79)62-58-54-50-46-43-39-36-34-32-30-28-26-24-22-20-18-17-19-21-23-25-27-29-31-33-35-37-40-44-48-52-56-60-64-84-71(80)63-59-55-51-47-41-14-12-10-8-6-4-2/h21,23,27,29,57,61,67-69,72-75,77-78,81-83H,3-20,22,24-26,28,30-56,58-60,62-66H2,1-2H3,(H,76,79)/b23-21-,29-27-,61-57+. The van der Waals surface area contributed by atoms with Crippen LogP contribution in [0.5, 0.6) is 0 Å². The second kappa shape index (κ2) is 64.4. The number of ether oxygens (including phenoxy) is 3. The van der Waals surface area contributed by atoms with Crippen LogP contribution in [-0.2, 0) is 23.8 Å². The Balaban J connectivity index is 1.97. The number of rotatable bonds is 66. The summed E-state index contributed by atoms with van der Waals surface area (Å²) in [5.41, 5.74) is 0. The van der Waals surface area contributed by atoms with Crippen molar-refractivity contribution in [3.05, 3.63) is 36.5 Å². The third kappa shape index (κ3) is 52.6. The van der Waals surface area contributed by atoms with Gasteiger partial charge in [0.05, 0.1) is 32.0 Å². The molecule has 0 aromatic heterocycles. The van der Waals surface area contributed by atoms with E-state index in [1.165, 1.54) is 276 Å². The van der Waals surface area contributed by atoms with Crippen LogP contribution in [0.4, 0.5) is 0 Å². The fraction of sp³-hybridized carbons (Fsp3) is 0.893. The minimum Gasteiger partial charge on any atom is -0.466 e. The number of aliphatic hydroxyl groups is 5. The van der Waals surface area contributed by atoms with Crippen LogP contribution < -0.4 is 5.32 Å². The monoisotopic (exact) mass is 1220 g/mol. The van der Waals surface area contributed by atoms with Gasteiger partial charge in [-0.05, 0) is 64.2 Å². The van der Waals surface area contributed by atoms with Gasteiger partial charge in [0.1, 0.15) is 24.4 Å².